The number of aliphatic hydroxyl groups is 1. The van der Waals surface area contributed by atoms with Crippen molar-refractivity contribution < 1.29 is 9.90 Å². The molecule has 0 spiro atoms. The fraction of sp³-hybridized carbons (Fsp3) is 0.462. The maximum atomic E-state index is 12.0. The minimum atomic E-state index is -0.194. The molecule has 1 aliphatic carbocycles. The van der Waals surface area contributed by atoms with Crippen LogP contribution in [0.2, 0.25) is 0 Å². The standard InChI is InChI=1S/C13H16BrNO2S/c14-9-2-4-11(12(18)6-9)13(17)15-7-8-1-3-10(16)5-8/h2,4,6,8,10,16,18H,1,3,5,7H2,(H,15,17). The summed E-state index contributed by atoms with van der Waals surface area (Å²) in [6, 6.07) is 5.39. The second-order valence-corrected chi connectivity index (χ2v) is 6.10. The Hall–Kier alpha value is -0.520. The number of amides is 1. The number of benzene rings is 1. The van der Waals surface area contributed by atoms with E-state index in [1.165, 1.54) is 0 Å². The second kappa shape index (κ2) is 6.08. The first kappa shape index (κ1) is 13.9. The minimum absolute atomic E-state index is 0.103. The molecule has 0 bridgehead atoms. The first-order valence-electron chi connectivity index (χ1n) is 6.01. The van der Waals surface area contributed by atoms with Gasteiger partial charge in [0.2, 0.25) is 0 Å². The van der Waals surface area contributed by atoms with E-state index in [0.717, 1.165) is 23.7 Å². The molecular formula is C13H16BrNO2S. The molecule has 18 heavy (non-hydrogen) atoms. The molecule has 2 N–H and O–H groups in total. The van der Waals surface area contributed by atoms with Crippen molar-refractivity contribution in [3.05, 3.63) is 28.2 Å². The average molecular weight is 330 g/mol. The smallest absolute Gasteiger partial charge is 0.252 e. The Bertz CT molecular complexity index is 453. The van der Waals surface area contributed by atoms with Gasteiger partial charge < -0.3 is 10.4 Å². The number of carbonyl (C=O) groups is 1. The lowest BCUT2D eigenvalue weighted by Crippen LogP contribution is -2.28. The highest BCUT2D eigenvalue weighted by Crippen LogP contribution is 2.25. The predicted octanol–water partition coefficient (Wildman–Crippen LogP) is 2.63. The lowest BCUT2D eigenvalue weighted by molar-refractivity contribution is 0.0942. The molecule has 1 aliphatic rings. The van der Waals surface area contributed by atoms with E-state index in [1.54, 1.807) is 12.1 Å². The van der Waals surface area contributed by atoms with Crippen LogP contribution in [0.1, 0.15) is 29.6 Å². The summed E-state index contributed by atoms with van der Waals surface area (Å²) in [7, 11) is 0. The van der Waals surface area contributed by atoms with Crippen LogP contribution in [-0.4, -0.2) is 23.7 Å². The van der Waals surface area contributed by atoms with Gasteiger partial charge in [0, 0.05) is 15.9 Å². The third-order valence-corrected chi connectivity index (χ3v) is 4.13. The number of aliphatic hydroxyl groups excluding tert-OH is 1. The van der Waals surface area contributed by atoms with Crippen molar-refractivity contribution in [1.82, 2.24) is 5.32 Å². The number of carbonyl (C=O) groups excluding carboxylic acids is 1. The van der Waals surface area contributed by atoms with Crippen LogP contribution in [0.25, 0.3) is 0 Å². The largest absolute Gasteiger partial charge is 0.393 e. The Morgan fingerprint density at radius 2 is 2.28 bits per heavy atom. The molecule has 0 radical (unpaired) electrons. The fourth-order valence-corrected chi connectivity index (χ4v) is 3.12. The summed E-state index contributed by atoms with van der Waals surface area (Å²) in [4.78, 5) is 12.6. The average Bonchev–Trinajstić information content (AvgIpc) is 2.72. The van der Waals surface area contributed by atoms with Gasteiger partial charge in [0.25, 0.3) is 5.91 Å². The maximum Gasteiger partial charge on any atom is 0.252 e. The Labute approximate surface area is 121 Å². The van der Waals surface area contributed by atoms with Crippen LogP contribution in [0.4, 0.5) is 0 Å². The van der Waals surface area contributed by atoms with Crippen molar-refractivity contribution in [2.75, 3.05) is 6.54 Å². The Morgan fingerprint density at radius 1 is 1.50 bits per heavy atom. The Morgan fingerprint density at radius 3 is 2.89 bits per heavy atom. The molecule has 1 amide bonds. The summed E-state index contributed by atoms with van der Waals surface area (Å²) < 4.78 is 0.906. The normalized spacial score (nSPS) is 23.1. The van der Waals surface area contributed by atoms with Gasteiger partial charge in [0.05, 0.1) is 11.7 Å². The molecular weight excluding hydrogens is 314 g/mol. The molecule has 98 valence electrons. The van der Waals surface area contributed by atoms with Crippen molar-refractivity contribution >= 4 is 34.5 Å². The van der Waals surface area contributed by atoms with Crippen molar-refractivity contribution in [2.45, 2.75) is 30.3 Å². The quantitative estimate of drug-likeness (QED) is 0.746. The third-order valence-electron chi connectivity index (χ3n) is 3.27. The van der Waals surface area contributed by atoms with Gasteiger partial charge >= 0.3 is 0 Å². The van der Waals surface area contributed by atoms with E-state index in [9.17, 15) is 9.90 Å². The van der Waals surface area contributed by atoms with Gasteiger partial charge in [-0.05, 0) is 43.4 Å². The monoisotopic (exact) mass is 329 g/mol. The molecule has 1 aromatic rings. The fourth-order valence-electron chi connectivity index (χ4n) is 2.26. The zero-order valence-electron chi connectivity index (χ0n) is 9.90. The molecule has 5 heteroatoms. The summed E-state index contributed by atoms with van der Waals surface area (Å²) in [5, 5.41) is 12.3. The second-order valence-electron chi connectivity index (χ2n) is 4.70. The van der Waals surface area contributed by atoms with Crippen molar-refractivity contribution in [3.8, 4) is 0 Å². The number of halogens is 1. The molecule has 0 saturated heterocycles. The maximum absolute atomic E-state index is 12.0. The SMILES string of the molecule is O=C(NCC1CCC(O)C1)c1ccc(Br)cc1S. The predicted molar refractivity (Wildman–Crippen MR) is 77.1 cm³/mol. The van der Waals surface area contributed by atoms with Gasteiger partial charge in [0.1, 0.15) is 0 Å². The Kier molecular flexibility index (Phi) is 4.70. The minimum Gasteiger partial charge on any atom is -0.393 e. The van der Waals surface area contributed by atoms with E-state index in [4.69, 9.17) is 0 Å². The summed E-state index contributed by atoms with van der Waals surface area (Å²) in [5.41, 5.74) is 0.583. The number of hydrogen-bond donors (Lipinski definition) is 3. The van der Waals surface area contributed by atoms with Gasteiger partial charge in [-0.3, -0.25) is 4.79 Å². The van der Waals surface area contributed by atoms with Crippen LogP contribution in [0.5, 0.6) is 0 Å². The first-order chi connectivity index (χ1) is 8.56. The van der Waals surface area contributed by atoms with Gasteiger partial charge in [-0.2, -0.15) is 0 Å². The van der Waals surface area contributed by atoms with Crippen molar-refractivity contribution in [3.63, 3.8) is 0 Å². The third kappa shape index (κ3) is 3.49. The van der Waals surface area contributed by atoms with Crippen LogP contribution in [0, 0.1) is 5.92 Å². The summed E-state index contributed by atoms with van der Waals surface area (Å²) in [6.45, 7) is 0.624. The Balaban J connectivity index is 1.91. The molecule has 2 unspecified atom stereocenters. The van der Waals surface area contributed by atoms with Crippen LogP contribution < -0.4 is 5.32 Å². The zero-order chi connectivity index (χ0) is 13.1. The number of rotatable bonds is 3. The first-order valence-corrected chi connectivity index (χ1v) is 7.25. The number of hydrogen-bond acceptors (Lipinski definition) is 3. The van der Waals surface area contributed by atoms with E-state index in [2.05, 4.69) is 33.9 Å². The van der Waals surface area contributed by atoms with E-state index in [1.807, 2.05) is 6.07 Å². The number of nitrogens with one attached hydrogen (secondary N) is 1. The zero-order valence-corrected chi connectivity index (χ0v) is 12.4. The highest BCUT2D eigenvalue weighted by atomic mass is 79.9. The molecule has 0 aromatic heterocycles. The van der Waals surface area contributed by atoms with E-state index < -0.39 is 0 Å². The van der Waals surface area contributed by atoms with Crippen LogP contribution in [0.15, 0.2) is 27.6 Å². The van der Waals surface area contributed by atoms with Gasteiger partial charge in [-0.15, -0.1) is 12.6 Å². The van der Waals surface area contributed by atoms with Crippen LogP contribution in [0.3, 0.4) is 0 Å². The van der Waals surface area contributed by atoms with Crippen LogP contribution in [-0.2, 0) is 0 Å². The molecule has 0 heterocycles. The molecule has 0 aliphatic heterocycles. The lowest BCUT2D eigenvalue weighted by Gasteiger charge is -2.12. The molecule has 1 fully saturated rings. The van der Waals surface area contributed by atoms with Crippen molar-refractivity contribution in [1.29, 1.82) is 0 Å². The van der Waals surface area contributed by atoms with Gasteiger partial charge in [-0.25, -0.2) is 0 Å². The topological polar surface area (TPSA) is 49.3 Å². The molecule has 2 rings (SSSR count). The summed E-state index contributed by atoms with van der Waals surface area (Å²) >= 11 is 7.63. The molecule has 3 nitrogen and oxygen atoms in total. The summed E-state index contributed by atoms with van der Waals surface area (Å²) in [6.07, 6.45) is 2.42. The van der Waals surface area contributed by atoms with Gasteiger partial charge in [-0.1, -0.05) is 15.9 Å². The van der Waals surface area contributed by atoms with E-state index in [0.29, 0.717) is 22.9 Å². The highest BCUT2D eigenvalue weighted by Gasteiger charge is 2.23. The highest BCUT2D eigenvalue weighted by molar-refractivity contribution is 9.10. The van der Waals surface area contributed by atoms with E-state index in [-0.39, 0.29) is 12.0 Å². The molecule has 2 atom stereocenters. The van der Waals surface area contributed by atoms with Gasteiger partial charge in [0.15, 0.2) is 0 Å². The van der Waals surface area contributed by atoms with Crippen molar-refractivity contribution in [2.24, 2.45) is 5.92 Å². The van der Waals surface area contributed by atoms with E-state index >= 15 is 0 Å². The molecule has 1 saturated carbocycles. The summed E-state index contributed by atoms with van der Waals surface area (Å²) in [5.74, 6) is 0.289. The lowest BCUT2D eigenvalue weighted by atomic mass is 10.1. The number of thiol groups is 1. The molecule has 1 aromatic carbocycles. The van der Waals surface area contributed by atoms with Crippen LogP contribution >= 0.6 is 28.6 Å².